The van der Waals surface area contributed by atoms with E-state index < -0.39 is 37.6 Å². The number of benzene rings is 2. The molecule has 3 rings (SSSR count). The molecule has 2 aromatic rings. The van der Waals surface area contributed by atoms with Gasteiger partial charge in [-0.25, -0.2) is 0 Å². The Hall–Kier alpha value is -4.29. The Morgan fingerprint density at radius 3 is 1.97 bits per heavy atom. The van der Waals surface area contributed by atoms with Crippen molar-refractivity contribution in [3.05, 3.63) is 71.8 Å². The van der Waals surface area contributed by atoms with Crippen LogP contribution in [0.3, 0.4) is 0 Å². The summed E-state index contributed by atoms with van der Waals surface area (Å²) in [4.78, 5) is 41.8. The molecule has 13 heteroatoms. The Balaban J connectivity index is 0.000000242. The first-order valence-corrected chi connectivity index (χ1v) is 10.4. The van der Waals surface area contributed by atoms with E-state index in [4.69, 9.17) is 5.11 Å². The summed E-state index contributed by atoms with van der Waals surface area (Å²) in [5.41, 5.74) is 0.505. The molecule has 34 heavy (non-hydrogen) atoms. The highest BCUT2D eigenvalue weighted by Gasteiger charge is 2.30. The lowest BCUT2D eigenvalue weighted by Gasteiger charge is -2.27. The molecule has 13 nitrogen and oxygen atoms in total. The first-order valence-electron chi connectivity index (χ1n) is 10.4. The number of aryl methyl sites for hydroxylation is 2. The molecule has 0 aliphatic carbocycles. The van der Waals surface area contributed by atoms with E-state index in [9.17, 15) is 35.1 Å². The highest BCUT2D eigenvalue weighted by Crippen LogP contribution is 2.38. The van der Waals surface area contributed by atoms with Crippen molar-refractivity contribution >= 4 is 28.7 Å². The van der Waals surface area contributed by atoms with Gasteiger partial charge in [-0.2, -0.15) is 0 Å². The van der Waals surface area contributed by atoms with E-state index in [0.717, 1.165) is 31.6 Å². The van der Waals surface area contributed by atoms with Crippen LogP contribution in [0.25, 0.3) is 0 Å². The SMILES string of the molecule is Cc1ccc(NCC(=O)N2CCCCC2)c(C)c1.O=[N+]([O-])c1cc([N+](=O)[O-])c(O)c([N+](=O)[O-])c1. The topological polar surface area (TPSA) is 182 Å². The van der Waals surface area contributed by atoms with Crippen molar-refractivity contribution in [1.82, 2.24) is 4.90 Å². The van der Waals surface area contributed by atoms with Crippen LogP contribution >= 0.6 is 0 Å². The molecule has 1 amide bonds. The van der Waals surface area contributed by atoms with Gasteiger partial charge in [0, 0.05) is 18.8 Å². The van der Waals surface area contributed by atoms with E-state index >= 15 is 0 Å². The molecule has 0 aromatic heterocycles. The molecule has 1 heterocycles. The second-order valence-electron chi connectivity index (χ2n) is 7.72. The molecule has 0 radical (unpaired) electrons. The third kappa shape index (κ3) is 6.85. The highest BCUT2D eigenvalue weighted by molar-refractivity contribution is 5.81. The van der Waals surface area contributed by atoms with Gasteiger partial charge in [0.25, 0.3) is 11.4 Å². The average molecular weight is 475 g/mol. The van der Waals surface area contributed by atoms with Crippen molar-refractivity contribution in [2.24, 2.45) is 0 Å². The summed E-state index contributed by atoms with van der Waals surface area (Å²) in [6, 6.07) is 7.15. The second-order valence-corrected chi connectivity index (χ2v) is 7.72. The maximum absolute atomic E-state index is 12.0. The number of phenolic OH excluding ortho intramolecular Hbond substituents is 1. The summed E-state index contributed by atoms with van der Waals surface area (Å²) in [6.07, 6.45) is 3.55. The Labute approximate surface area is 194 Å². The minimum atomic E-state index is -1.21. The number of likely N-dealkylation sites (tertiary alicyclic amines) is 1. The van der Waals surface area contributed by atoms with Crippen LogP contribution in [-0.2, 0) is 4.79 Å². The zero-order chi connectivity index (χ0) is 25.4. The number of carbonyl (C=O) groups is 1. The molecular formula is C21H25N5O8. The number of nitrogens with one attached hydrogen (secondary N) is 1. The molecule has 2 N–H and O–H groups in total. The van der Waals surface area contributed by atoms with Crippen molar-refractivity contribution in [2.75, 3.05) is 25.0 Å². The van der Waals surface area contributed by atoms with Crippen LogP contribution < -0.4 is 5.32 Å². The molecule has 1 aliphatic heterocycles. The van der Waals surface area contributed by atoms with Gasteiger partial charge in [0.05, 0.1) is 33.4 Å². The van der Waals surface area contributed by atoms with Crippen LogP contribution in [0.4, 0.5) is 22.7 Å². The number of rotatable bonds is 6. The zero-order valence-electron chi connectivity index (χ0n) is 18.7. The lowest BCUT2D eigenvalue weighted by atomic mass is 10.1. The van der Waals surface area contributed by atoms with E-state index in [1.54, 1.807) is 0 Å². The first kappa shape index (κ1) is 26.0. The van der Waals surface area contributed by atoms with Crippen molar-refractivity contribution in [2.45, 2.75) is 33.1 Å². The molecule has 1 fully saturated rings. The van der Waals surface area contributed by atoms with Crippen molar-refractivity contribution < 1.29 is 24.7 Å². The number of hydrogen-bond acceptors (Lipinski definition) is 9. The molecule has 182 valence electrons. The number of carbonyl (C=O) groups excluding carboxylic acids is 1. The maximum atomic E-state index is 12.0. The number of hydrogen-bond donors (Lipinski definition) is 2. The molecular weight excluding hydrogens is 450 g/mol. The van der Waals surface area contributed by atoms with Gasteiger partial charge < -0.3 is 15.3 Å². The minimum absolute atomic E-state index is 0.217. The molecule has 0 bridgehead atoms. The minimum Gasteiger partial charge on any atom is -0.497 e. The summed E-state index contributed by atoms with van der Waals surface area (Å²) < 4.78 is 0. The summed E-state index contributed by atoms with van der Waals surface area (Å²) in [5, 5.41) is 43.5. The quantitative estimate of drug-likeness (QED) is 0.463. The molecule has 2 aromatic carbocycles. The fourth-order valence-corrected chi connectivity index (χ4v) is 3.41. The summed E-state index contributed by atoms with van der Waals surface area (Å²) in [5.74, 6) is -0.990. The smallest absolute Gasteiger partial charge is 0.324 e. The van der Waals surface area contributed by atoms with Gasteiger partial charge in [-0.1, -0.05) is 17.7 Å². The Kier molecular flexibility index (Phi) is 8.81. The van der Waals surface area contributed by atoms with Gasteiger partial charge in [-0.05, 0) is 44.7 Å². The molecule has 0 unspecified atom stereocenters. The highest BCUT2D eigenvalue weighted by atomic mass is 16.6. The zero-order valence-corrected chi connectivity index (χ0v) is 18.7. The van der Waals surface area contributed by atoms with Gasteiger partial charge in [0.1, 0.15) is 0 Å². The van der Waals surface area contributed by atoms with Crippen molar-refractivity contribution in [1.29, 1.82) is 0 Å². The number of piperidine rings is 1. The Morgan fingerprint density at radius 2 is 1.50 bits per heavy atom. The first-order chi connectivity index (χ1) is 16.0. The Bertz CT molecular complexity index is 1060. The van der Waals surface area contributed by atoms with Crippen LogP contribution in [0.15, 0.2) is 30.3 Å². The van der Waals surface area contributed by atoms with E-state index in [2.05, 4.69) is 31.3 Å². The van der Waals surface area contributed by atoms with Gasteiger partial charge in [0.2, 0.25) is 5.91 Å². The predicted molar refractivity (Wildman–Crippen MR) is 123 cm³/mol. The molecule has 0 spiro atoms. The lowest BCUT2D eigenvalue weighted by Crippen LogP contribution is -2.39. The van der Waals surface area contributed by atoms with Crippen LogP contribution in [0.2, 0.25) is 0 Å². The summed E-state index contributed by atoms with van der Waals surface area (Å²) >= 11 is 0. The number of phenols is 1. The number of aromatic hydroxyl groups is 1. The predicted octanol–water partition coefficient (Wildman–Crippen LogP) is 3.84. The van der Waals surface area contributed by atoms with Gasteiger partial charge in [-0.15, -0.1) is 0 Å². The second kappa shape index (κ2) is 11.5. The molecule has 1 saturated heterocycles. The number of non-ortho nitro benzene ring substituents is 1. The third-order valence-electron chi connectivity index (χ3n) is 5.18. The van der Waals surface area contributed by atoms with E-state index in [1.807, 2.05) is 11.0 Å². The van der Waals surface area contributed by atoms with E-state index in [0.29, 0.717) is 18.7 Å². The molecule has 0 saturated carbocycles. The van der Waals surface area contributed by atoms with Crippen LogP contribution in [0, 0.1) is 44.2 Å². The number of nitrogens with zero attached hydrogens (tertiary/aromatic N) is 4. The van der Waals surface area contributed by atoms with Gasteiger partial charge in [0.15, 0.2) is 0 Å². The number of nitro groups is 3. The van der Waals surface area contributed by atoms with Crippen molar-refractivity contribution in [3.8, 4) is 5.75 Å². The van der Waals surface area contributed by atoms with Crippen LogP contribution in [0.1, 0.15) is 30.4 Å². The fraction of sp³-hybridized carbons (Fsp3) is 0.381. The average Bonchev–Trinajstić information content (AvgIpc) is 2.79. The monoisotopic (exact) mass is 475 g/mol. The fourth-order valence-electron chi connectivity index (χ4n) is 3.41. The lowest BCUT2D eigenvalue weighted by molar-refractivity contribution is -0.404. The van der Waals surface area contributed by atoms with Gasteiger partial charge >= 0.3 is 11.4 Å². The number of nitro benzene ring substituents is 3. The summed E-state index contributed by atoms with van der Waals surface area (Å²) in [7, 11) is 0. The van der Waals surface area contributed by atoms with Crippen molar-refractivity contribution in [3.63, 3.8) is 0 Å². The normalized spacial score (nSPS) is 12.8. The largest absolute Gasteiger partial charge is 0.497 e. The molecule has 1 aliphatic rings. The number of anilines is 1. The van der Waals surface area contributed by atoms with Crippen LogP contribution in [-0.4, -0.2) is 50.3 Å². The maximum Gasteiger partial charge on any atom is 0.324 e. The van der Waals surface area contributed by atoms with Crippen LogP contribution in [0.5, 0.6) is 5.75 Å². The van der Waals surface area contributed by atoms with E-state index in [-0.39, 0.29) is 5.91 Å². The molecule has 0 atom stereocenters. The summed E-state index contributed by atoms with van der Waals surface area (Å²) in [6.45, 7) is 6.40. The van der Waals surface area contributed by atoms with E-state index in [1.165, 1.54) is 17.5 Å². The number of amides is 1. The van der Waals surface area contributed by atoms with Gasteiger partial charge in [-0.3, -0.25) is 35.1 Å². The standard InChI is InChI=1S/C15H22N2O.C6H3N3O7/c1-12-6-7-14(13(2)10-12)16-11-15(18)17-8-4-3-5-9-17;10-6-4(8(13)14)1-3(7(11)12)2-5(6)9(15)16/h6-7,10,16H,3-5,8-9,11H2,1-2H3;1-2,10H. The Morgan fingerprint density at radius 1 is 0.941 bits per heavy atom. The third-order valence-corrected chi connectivity index (χ3v) is 5.18.